The van der Waals surface area contributed by atoms with E-state index in [9.17, 15) is 19.2 Å². The van der Waals surface area contributed by atoms with Crippen molar-refractivity contribution in [2.75, 3.05) is 12.3 Å². The molecule has 0 saturated carbocycles. The molecule has 11 heteroatoms. The van der Waals surface area contributed by atoms with Crippen LogP contribution in [0.1, 0.15) is 12.8 Å². The molecule has 1 aliphatic heterocycles. The van der Waals surface area contributed by atoms with Crippen molar-refractivity contribution in [3.05, 3.63) is 27.2 Å². The minimum atomic E-state index is -1.01. The van der Waals surface area contributed by atoms with E-state index >= 15 is 0 Å². The van der Waals surface area contributed by atoms with E-state index in [1.165, 1.54) is 17.9 Å². The summed E-state index contributed by atoms with van der Waals surface area (Å²) in [5.41, 5.74) is -0.286. The number of aliphatic carboxylic acids is 1. The molecule has 1 atom stereocenters. The molecular formula is C15H19N5O5S. The Balaban J connectivity index is 1.89. The van der Waals surface area contributed by atoms with Crippen LogP contribution < -0.4 is 11.2 Å². The van der Waals surface area contributed by atoms with Crippen LogP contribution in [0.15, 0.2) is 15.9 Å². The van der Waals surface area contributed by atoms with Crippen molar-refractivity contribution in [3.8, 4) is 0 Å². The number of carboxylic acid groups (broad SMARTS) is 1. The Bertz CT molecular complexity index is 991. The Labute approximate surface area is 152 Å². The third-order valence-corrected chi connectivity index (χ3v) is 5.64. The summed E-state index contributed by atoms with van der Waals surface area (Å²) in [5, 5.41) is 8.54. The lowest BCUT2D eigenvalue weighted by Gasteiger charge is -2.24. The summed E-state index contributed by atoms with van der Waals surface area (Å²) >= 11 is 1.57. The van der Waals surface area contributed by atoms with E-state index in [1.807, 2.05) is 0 Å². The highest BCUT2D eigenvalue weighted by molar-refractivity contribution is 8.00. The molecule has 140 valence electrons. The first-order valence-electron chi connectivity index (χ1n) is 8.05. The van der Waals surface area contributed by atoms with E-state index in [-0.39, 0.29) is 24.1 Å². The summed E-state index contributed by atoms with van der Waals surface area (Å²) in [5.74, 6) is -0.481. The largest absolute Gasteiger partial charge is 0.481 e. The highest BCUT2D eigenvalue weighted by Gasteiger charge is 2.30. The molecule has 26 heavy (non-hydrogen) atoms. The van der Waals surface area contributed by atoms with E-state index in [4.69, 9.17) is 5.11 Å². The first kappa shape index (κ1) is 18.2. The summed E-state index contributed by atoms with van der Waals surface area (Å²) in [6.07, 6.45) is 1.24. The molecule has 3 heterocycles. The second-order valence-corrected chi connectivity index (χ2v) is 7.37. The summed E-state index contributed by atoms with van der Waals surface area (Å²) in [6, 6.07) is 0. The van der Waals surface area contributed by atoms with E-state index in [1.54, 1.807) is 28.3 Å². The Morgan fingerprint density at radius 1 is 1.27 bits per heavy atom. The van der Waals surface area contributed by atoms with E-state index in [0.717, 1.165) is 10.3 Å². The number of hydrogen-bond donors (Lipinski definition) is 1. The molecule has 10 nitrogen and oxygen atoms in total. The number of thioether (sulfide) groups is 1. The monoisotopic (exact) mass is 381 g/mol. The Hall–Kier alpha value is -2.56. The van der Waals surface area contributed by atoms with Crippen molar-refractivity contribution < 1.29 is 14.7 Å². The van der Waals surface area contributed by atoms with E-state index in [0.29, 0.717) is 24.3 Å². The molecule has 0 spiro atoms. The van der Waals surface area contributed by atoms with Gasteiger partial charge in [0.2, 0.25) is 5.91 Å². The first-order valence-corrected chi connectivity index (χ1v) is 9.10. The number of carbonyl (C=O) groups excluding carboxylic acids is 1. The fourth-order valence-electron chi connectivity index (χ4n) is 3.02. The molecule has 1 fully saturated rings. The van der Waals surface area contributed by atoms with E-state index in [2.05, 4.69) is 4.98 Å². The molecule has 1 amide bonds. The van der Waals surface area contributed by atoms with Gasteiger partial charge in [0.15, 0.2) is 11.2 Å². The minimum absolute atomic E-state index is 0.0483. The predicted octanol–water partition coefficient (Wildman–Crippen LogP) is -0.800. The van der Waals surface area contributed by atoms with Crippen LogP contribution in [0.5, 0.6) is 0 Å². The van der Waals surface area contributed by atoms with Crippen molar-refractivity contribution in [1.29, 1.82) is 0 Å². The number of fused-ring (bicyclic) bond motifs is 1. The molecule has 2 aromatic rings. The number of amides is 1. The normalized spacial score (nSPS) is 17.2. The van der Waals surface area contributed by atoms with Gasteiger partial charge in [-0.25, -0.2) is 9.78 Å². The van der Waals surface area contributed by atoms with Gasteiger partial charge in [0.25, 0.3) is 5.56 Å². The maximum atomic E-state index is 12.5. The lowest BCUT2D eigenvalue weighted by atomic mass is 10.2. The number of aryl methyl sites for hydroxylation is 1. The average molecular weight is 381 g/mol. The van der Waals surface area contributed by atoms with Gasteiger partial charge in [-0.1, -0.05) is 0 Å². The van der Waals surface area contributed by atoms with Gasteiger partial charge in [-0.2, -0.15) is 0 Å². The van der Waals surface area contributed by atoms with Crippen LogP contribution in [-0.4, -0.2) is 58.2 Å². The number of carboxylic acids is 1. The molecular weight excluding hydrogens is 362 g/mol. The van der Waals surface area contributed by atoms with Crippen LogP contribution in [0.25, 0.3) is 11.2 Å². The van der Waals surface area contributed by atoms with Crippen LogP contribution in [0.4, 0.5) is 0 Å². The van der Waals surface area contributed by atoms with Gasteiger partial charge in [-0.3, -0.25) is 23.5 Å². The third kappa shape index (κ3) is 3.14. The molecule has 3 rings (SSSR count). The molecule has 0 aliphatic carbocycles. The van der Waals surface area contributed by atoms with Gasteiger partial charge in [-0.05, 0) is 0 Å². The molecule has 1 aliphatic rings. The predicted molar refractivity (Wildman–Crippen MR) is 95.0 cm³/mol. The van der Waals surface area contributed by atoms with E-state index < -0.39 is 17.2 Å². The van der Waals surface area contributed by atoms with Crippen molar-refractivity contribution >= 4 is 34.8 Å². The third-order valence-electron chi connectivity index (χ3n) is 4.43. The molecule has 0 aromatic carbocycles. The van der Waals surface area contributed by atoms with Gasteiger partial charge in [0, 0.05) is 32.8 Å². The zero-order valence-corrected chi connectivity index (χ0v) is 15.2. The fourth-order valence-corrected chi connectivity index (χ4v) is 4.26. The maximum absolute atomic E-state index is 12.5. The smallest absolute Gasteiger partial charge is 0.332 e. The zero-order valence-electron chi connectivity index (χ0n) is 14.4. The zero-order chi connectivity index (χ0) is 19.0. The van der Waals surface area contributed by atoms with Crippen LogP contribution in [0.2, 0.25) is 0 Å². The molecule has 0 bridgehead atoms. The lowest BCUT2D eigenvalue weighted by molar-refractivity contribution is -0.141. The van der Waals surface area contributed by atoms with Crippen molar-refractivity contribution in [1.82, 2.24) is 23.6 Å². The second-order valence-electron chi connectivity index (χ2n) is 6.08. The Morgan fingerprint density at radius 2 is 2.00 bits per heavy atom. The van der Waals surface area contributed by atoms with Gasteiger partial charge < -0.3 is 14.6 Å². The summed E-state index contributed by atoms with van der Waals surface area (Å²) < 4.78 is 3.99. The first-order chi connectivity index (χ1) is 12.3. The number of aromatic nitrogens is 4. The SMILES string of the molecule is Cn1c(=O)c2c(ncn2CC2SCCN2C(=O)CCC(=O)O)n(C)c1=O. The molecule has 0 radical (unpaired) electrons. The van der Waals surface area contributed by atoms with Crippen molar-refractivity contribution in [3.63, 3.8) is 0 Å². The number of rotatable bonds is 5. The highest BCUT2D eigenvalue weighted by Crippen LogP contribution is 2.26. The number of hydrogen-bond acceptors (Lipinski definition) is 6. The van der Waals surface area contributed by atoms with Gasteiger partial charge in [0.1, 0.15) is 0 Å². The second kappa shape index (κ2) is 6.98. The van der Waals surface area contributed by atoms with Crippen molar-refractivity contribution in [2.45, 2.75) is 24.8 Å². The molecule has 1 unspecified atom stereocenters. The molecule has 1 N–H and O–H groups in total. The van der Waals surface area contributed by atoms with Crippen LogP contribution >= 0.6 is 11.8 Å². The number of carbonyl (C=O) groups is 2. The summed E-state index contributed by atoms with van der Waals surface area (Å²) in [7, 11) is 2.96. The van der Waals surface area contributed by atoms with Crippen LogP contribution in [0, 0.1) is 0 Å². The number of imidazole rings is 1. The maximum Gasteiger partial charge on any atom is 0.332 e. The average Bonchev–Trinajstić information content (AvgIpc) is 3.23. The Morgan fingerprint density at radius 3 is 2.69 bits per heavy atom. The quantitative estimate of drug-likeness (QED) is 0.720. The summed E-state index contributed by atoms with van der Waals surface area (Å²) in [4.78, 5) is 53.3. The van der Waals surface area contributed by atoms with Gasteiger partial charge >= 0.3 is 11.7 Å². The van der Waals surface area contributed by atoms with Gasteiger partial charge in [0.05, 0.1) is 24.7 Å². The topological polar surface area (TPSA) is 119 Å². The van der Waals surface area contributed by atoms with Crippen LogP contribution in [0.3, 0.4) is 0 Å². The molecule has 1 saturated heterocycles. The lowest BCUT2D eigenvalue weighted by Crippen LogP contribution is -2.39. The fraction of sp³-hybridized carbons (Fsp3) is 0.533. The minimum Gasteiger partial charge on any atom is -0.481 e. The summed E-state index contributed by atoms with van der Waals surface area (Å²) in [6.45, 7) is 0.879. The van der Waals surface area contributed by atoms with Crippen LogP contribution in [-0.2, 0) is 30.2 Å². The number of nitrogens with zero attached hydrogens (tertiary/aromatic N) is 5. The highest BCUT2D eigenvalue weighted by atomic mass is 32.2. The van der Waals surface area contributed by atoms with Crippen molar-refractivity contribution in [2.24, 2.45) is 14.1 Å². The standard InChI is InChI=1S/C15H19N5O5S/c1-17-13-12(14(24)18(2)15(17)25)19(8-16-13)7-10-20(5-6-26-10)9(21)3-4-11(22)23/h8,10H,3-7H2,1-2H3,(H,22,23). The van der Waals surface area contributed by atoms with Gasteiger partial charge in [-0.15, -0.1) is 11.8 Å². The Kier molecular flexibility index (Phi) is 4.90. The molecule has 2 aromatic heterocycles.